The van der Waals surface area contributed by atoms with Crippen LogP contribution >= 0.6 is 0 Å². The molecule has 1 aromatic heterocycles. The number of halogens is 2. The molecule has 2 aromatic rings. The Hall–Kier alpha value is -2.97. The van der Waals surface area contributed by atoms with Gasteiger partial charge < -0.3 is 20.4 Å². The third kappa shape index (κ3) is 4.23. The first-order chi connectivity index (χ1) is 14.0. The van der Waals surface area contributed by atoms with Gasteiger partial charge in [0.2, 0.25) is 5.95 Å². The normalized spacial score (nSPS) is 19.7. The summed E-state index contributed by atoms with van der Waals surface area (Å²) in [5.41, 5.74) is 7.33. The number of nitrogens with one attached hydrogen (secondary N) is 1. The number of anilines is 3. The Morgan fingerprint density at radius 3 is 2.38 bits per heavy atom. The summed E-state index contributed by atoms with van der Waals surface area (Å²) < 4.78 is 28.2. The molecule has 0 bridgehead atoms. The van der Waals surface area contributed by atoms with Gasteiger partial charge in [-0.15, -0.1) is 0 Å². The van der Waals surface area contributed by atoms with Crippen LogP contribution in [-0.4, -0.2) is 61.2 Å². The molecule has 0 amide bonds. The van der Waals surface area contributed by atoms with Crippen molar-refractivity contribution in [2.45, 2.75) is 19.0 Å². The second kappa shape index (κ2) is 8.18. The molecule has 154 valence electrons. The average molecular weight is 401 g/mol. The highest BCUT2D eigenvalue weighted by Gasteiger charge is 2.25. The lowest BCUT2D eigenvalue weighted by molar-refractivity contribution is 0.364. The number of benzene rings is 1. The number of nitrogens with zero attached hydrogens (tertiary/aromatic N) is 5. The van der Waals surface area contributed by atoms with Crippen molar-refractivity contribution < 1.29 is 8.78 Å². The average Bonchev–Trinajstić information content (AvgIpc) is 3.16. The van der Waals surface area contributed by atoms with Crippen molar-refractivity contribution in [3.63, 3.8) is 0 Å². The van der Waals surface area contributed by atoms with E-state index >= 15 is 0 Å². The molecule has 2 aliphatic heterocycles. The van der Waals surface area contributed by atoms with Crippen molar-refractivity contribution in [2.75, 3.05) is 54.0 Å². The highest BCUT2D eigenvalue weighted by atomic mass is 19.1. The van der Waals surface area contributed by atoms with E-state index in [0.717, 1.165) is 18.8 Å². The lowest BCUT2D eigenvalue weighted by Crippen LogP contribution is -2.47. The van der Waals surface area contributed by atoms with Crippen molar-refractivity contribution in [3.05, 3.63) is 42.0 Å². The highest BCUT2D eigenvalue weighted by molar-refractivity contribution is 5.80. The summed E-state index contributed by atoms with van der Waals surface area (Å²) in [7, 11) is 0. The van der Waals surface area contributed by atoms with E-state index in [4.69, 9.17) is 11.1 Å². The fourth-order valence-electron chi connectivity index (χ4n) is 3.90. The minimum atomic E-state index is -0.805. The topological polar surface area (TPSA) is 85.4 Å². The number of rotatable bonds is 5. The minimum absolute atomic E-state index is 0.0507. The van der Waals surface area contributed by atoms with Gasteiger partial charge in [0.05, 0.1) is 36.1 Å². The molecule has 29 heavy (non-hydrogen) atoms. The number of hydrogen-bond donors (Lipinski definition) is 2. The first-order valence-corrected chi connectivity index (χ1v) is 9.82. The summed E-state index contributed by atoms with van der Waals surface area (Å²) in [6.07, 6.45) is 3.39. The summed E-state index contributed by atoms with van der Waals surface area (Å²) in [6, 6.07) is 5.23. The van der Waals surface area contributed by atoms with Crippen molar-refractivity contribution in [1.82, 2.24) is 9.97 Å². The molecule has 0 aliphatic carbocycles. The quantitative estimate of drug-likeness (QED) is 0.589. The van der Waals surface area contributed by atoms with Gasteiger partial charge in [-0.3, -0.25) is 5.41 Å². The Labute approximate surface area is 168 Å². The molecule has 1 atom stereocenters. The van der Waals surface area contributed by atoms with E-state index in [1.165, 1.54) is 0 Å². The van der Waals surface area contributed by atoms with Crippen LogP contribution in [0.15, 0.2) is 30.6 Å². The van der Waals surface area contributed by atoms with E-state index < -0.39 is 6.17 Å². The number of hydrogen-bond acceptors (Lipinski definition) is 6. The van der Waals surface area contributed by atoms with Gasteiger partial charge in [0, 0.05) is 39.1 Å². The summed E-state index contributed by atoms with van der Waals surface area (Å²) in [6.45, 7) is 3.76. The van der Waals surface area contributed by atoms with Gasteiger partial charge in [0.15, 0.2) is 0 Å². The van der Waals surface area contributed by atoms with Gasteiger partial charge in [0.25, 0.3) is 0 Å². The molecule has 2 aliphatic rings. The standard InChI is InChI=1S/C20H25F2N7/c21-15-4-5-29(13-15)20-25-11-16(12-26-20)27-6-8-28(9-7-27)17-3-1-2-14(19(17)22)10-18(23)24/h1-3,11-12,15H,4-10,13H2,(H3,23,24)/t15-/m1/s1. The predicted molar refractivity (Wildman–Crippen MR) is 110 cm³/mol. The predicted octanol–water partition coefficient (Wildman–Crippen LogP) is 1.97. The number of nitrogens with two attached hydrogens (primary N) is 1. The molecule has 3 heterocycles. The van der Waals surface area contributed by atoms with Gasteiger partial charge in [-0.05, 0) is 18.1 Å². The molecule has 7 nitrogen and oxygen atoms in total. The zero-order valence-corrected chi connectivity index (χ0v) is 16.2. The van der Waals surface area contributed by atoms with Crippen molar-refractivity contribution >= 4 is 23.2 Å². The van der Waals surface area contributed by atoms with E-state index in [1.54, 1.807) is 30.6 Å². The maximum atomic E-state index is 14.8. The molecule has 2 fully saturated rings. The van der Waals surface area contributed by atoms with Gasteiger partial charge >= 0.3 is 0 Å². The Morgan fingerprint density at radius 2 is 1.76 bits per heavy atom. The van der Waals surface area contributed by atoms with Crippen LogP contribution in [0.1, 0.15) is 12.0 Å². The molecule has 0 radical (unpaired) electrons. The highest BCUT2D eigenvalue weighted by Crippen LogP contribution is 2.26. The second-order valence-corrected chi connectivity index (χ2v) is 7.50. The fourth-order valence-corrected chi connectivity index (χ4v) is 3.90. The number of aromatic nitrogens is 2. The smallest absolute Gasteiger partial charge is 0.225 e. The molecule has 0 unspecified atom stereocenters. The molecular weight excluding hydrogens is 376 g/mol. The zero-order chi connectivity index (χ0) is 20.4. The van der Waals surface area contributed by atoms with Crippen LogP contribution in [0, 0.1) is 11.2 Å². The molecule has 2 saturated heterocycles. The van der Waals surface area contributed by atoms with Crippen LogP contribution in [0.4, 0.5) is 26.1 Å². The van der Waals surface area contributed by atoms with Crippen LogP contribution in [0.2, 0.25) is 0 Å². The van der Waals surface area contributed by atoms with Crippen molar-refractivity contribution in [1.29, 1.82) is 5.41 Å². The fraction of sp³-hybridized carbons (Fsp3) is 0.450. The Balaban J connectivity index is 1.39. The molecule has 9 heteroatoms. The van der Waals surface area contributed by atoms with Crippen LogP contribution in [0.25, 0.3) is 0 Å². The maximum Gasteiger partial charge on any atom is 0.225 e. The molecule has 4 rings (SSSR count). The first kappa shape index (κ1) is 19.4. The summed E-state index contributed by atoms with van der Waals surface area (Å²) in [5, 5.41) is 7.40. The first-order valence-electron chi connectivity index (χ1n) is 9.82. The van der Waals surface area contributed by atoms with Crippen molar-refractivity contribution in [3.8, 4) is 0 Å². The number of amidine groups is 1. The molecule has 0 spiro atoms. The SMILES string of the molecule is N=C(N)Cc1cccc(N2CCN(c3cnc(N4CC[C@@H](F)C4)nc3)CC2)c1F. The molecule has 3 N–H and O–H groups in total. The van der Waals surface area contributed by atoms with E-state index in [2.05, 4.69) is 14.9 Å². The second-order valence-electron chi connectivity index (χ2n) is 7.50. The Kier molecular flexibility index (Phi) is 5.46. The van der Waals surface area contributed by atoms with Gasteiger partial charge in [-0.2, -0.15) is 0 Å². The van der Waals surface area contributed by atoms with Crippen LogP contribution in [0.5, 0.6) is 0 Å². The molecule has 1 aromatic carbocycles. The zero-order valence-electron chi connectivity index (χ0n) is 16.2. The number of alkyl halides is 1. The monoisotopic (exact) mass is 401 g/mol. The van der Waals surface area contributed by atoms with E-state index in [9.17, 15) is 8.78 Å². The van der Waals surface area contributed by atoms with Gasteiger partial charge in [-0.25, -0.2) is 18.7 Å². The largest absolute Gasteiger partial charge is 0.387 e. The van der Waals surface area contributed by atoms with Gasteiger partial charge in [0.1, 0.15) is 12.0 Å². The maximum absolute atomic E-state index is 14.8. The van der Waals surface area contributed by atoms with Crippen LogP contribution in [0.3, 0.4) is 0 Å². The Morgan fingerprint density at radius 1 is 1.07 bits per heavy atom. The van der Waals surface area contributed by atoms with Crippen LogP contribution < -0.4 is 20.4 Å². The minimum Gasteiger partial charge on any atom is -0.387 e. The summed E-state index contributed by atoms with van der Waals surface area (Å²) in [4.78, 5) is 14.8. The van der Waals surface area contributed by atoms with E-state index in [-0.39, 0.29) is 18.1 Å². The van der Waals surface area contributed by atoms with Crippen molar-refractivity contribution in [2.24, 2.45) is 5.73 Å². The van der Waals surface area contributed by atoms with Gasteiger partial charge in [-0.1, -0.05) is 12.1 Å². The van der Waals surface area contributed by atoms with E-state index in [0.29, 0.717) is 49.8 Å². The summed E-state index contributed by atoms with van der Waals surface area (Å²) in [5.74, 6) is 0.211. The molecule has 0 saturated carbocycles. The number of piperazine rings is 1. The molecular formula is C20H25F2N7. The third-order valence-electron chi connectivity index (χ3n) is 5.46. The van der Waals surface area contributed by atoms with E-state index in [1.807, 2.05) is 9.80 Å². The lowest BCUT2D eigenvalue weighted by atomic mass is 10.1. The summed E-state index contributed by atoms with van der Waals surface area (Å²) >= 11 is 0. The lowest BCUT2D eigenvalue weighted by Gasteiger charge is -2.37. The van der Waals surface area contributed by atoms with Crippen LogP contribution in [-0.2, 0) is 6.42 Å². The third-order valence-corrected chi connectivity index (χ3v) is 5.46. The Bertz CT molecular complexity index is 866.